The molecule has 7 nitrogen and oxygen atoms in total. The Kier molecular flexibility index (Phi) is 7.60. The number of anilines is 2. The first-order valence-electron chi connectivity index (χ1n) is 9.32. The maximum Gasteiger partial charge on any atom is 0.248 e. The fraction of sp³-hybridized carbons (Fsp3) is 0.381. The van der Waals surface area contributed by atoms with E-state index in [4.69, 9.17) is 21.1 Å². The minimum Gasteiger partial charge on any atom is -0.495 e. The topological polar surface area (TPSA) is 84.9 Å². The molecule has 0 saturated carbocycles. The molecular formula is C21H27ClN2O5S. The molecule has 0 saturated heterocycles. The first-order chi connectivity index (χ1) is 14.0. The second-order valence-corrected chi connectivity index (χ2v) is 9.19. The van der Waals surface area contributed by atoms with Crippen LogP contribution in [0.1, 0.15) is 24.5 Å². The summed E-state index contributed by atoms with van der Waals surface area (Å²) in [4.78, 5) is 13.2. The molecule has 0 aliphatic rings. The highest BCUT2D eigenvalue weighted by Gasteiger charge is 2.32. The van der Waals surface area contributed by atoms with Crippen molar-refractivity contribution in [3.63, 3.8) is 0 Å². The summed E-state index contributed by atoms with van der Waals surface area (Å²) < 4.78 is 36.9. The Morgan fingerprint density at radius 3 is 2.23 bits per heavy atom. The van der Waals surface area contributed by atoms with E-state index in [0.29, 0.717) is 27.9 Å². The summed E-state index contributed by atoms with van der Waals surface area (Å²) in [6, 6.07) is 7.39. The van der Waals surface area contributed by atoms with Gasteiger partial charge >= 0.3 is 0 Å². The lowest BCUT2D eigenvalue weighted by Gasteiger charge is -2.30. The number of carbonyl (C=O) groups excluding carboxylic acids is 1. The molecule has 0 unspecified atom stereocenters. The van der Waals surface area contributed by atoms with Crippen molar-refractivity contribution in [3.8, 4) is 11.5 Å². The normalized spacial score (nSPS) is 12.2. The summed E-state index contributed by atoms with van der Waals surface area (Å²) in [5.41, 5.74) is 2.72. The Labute approximate surface area is 183 Å². The molecule has 2 aromatic carbocycles. The predicted molar refractivity (Wildman–Crippen MR) is 121 cm³/mol. The van der Waals surface area contributed by atoms with Crippen LogP contribution in [0.2, 0.25) is 5.02 Å². The minimum absolute atomic E-state index is 0.263. The van der Waals surface area contributed by atoms with E-state index in [2.05, 4.69) is 5.32 Å². The molecule has 0 fully saturated rings. The molecule has 2 aromatic rings. The third kappa shape index (κ3) is 5.17. The van der Waals surface area contributed by atoms with E-state index in [1.807, 2.05) is 19.9 Å². The van der Waals surface area contributed by atoms with Crippen LogP contribution in [-0.4, -0.2) is 40.8 Å². The predicted octanol–water partition coefficient (Wildman–Crippen LogP) is 4.16. The molecule has 0 aliphatic carbocycles. The van der Waals surface area contributed by atoms with Gasteiger partial charge in [-0.25, -0.2) is 8.42 Å². The van der Waals surface area contributed by atoms with Crippen LogP contribution in [0.25, 0.3) is 0 Å². The lowest BCUT2D eigenvalue weighted by molar-refractivity contribution is -0.117. The highest BCUT2D eigenvalue weighted by molar-refractivity contribution is 7.92. The molecule has 1 N–H and O–H groups in total. The highest BCUT2D eigenvalue weighted by atomic mass is 35.5. The fourth-order valence-electron chi connectivity index (χ4n) is 3.10. The molecule has 0 aromatic heterocycles. The van der Waals surface area contributed by atoms with Gasteiger partial charge in [0.05, 0.1) is 36.9 Å². The maximum atomic E-state index is 13.2. The van der Waals surface area contributed by atoms with E-state index in [1.54, 1.807) is 19.1 Å². The smallest absolute Gasteiger partial charge is 0.248 e. The van der Waals surface area contributed by atoms with Crippen LogP contribution in [0, 0.1) is 13.8 Å². The second-order valence-electron chi connectivity index (χ2n) is 6.93. The number of aryl methyl sites for hydroxylation is 2. The van der Waals surface area contributed by atoms with Crippen LogP contribution < -0.4 is 19.1 Å². The van der Waals surface area contributed by atoms with Crippen LogP contribution >= 0.6 is 11.6 Å². The summed E-state index contributed by atoms with van der Waals surface area (Å²) in [5, 5.41) is 3.08. The number of benzene rings is 2. The van der Waals surface area contributed by atoms with Crippen LogP contribution in [0.15, 0.2) is 30.3 Å². The summed E-state index contributed by atoms with van der Waals surface area (Å²) in [7, 11) is -0.831. The van der Waals surface area contributed by atoms with Crippen molar-refractivity contribution in [1.82, 2.24) is 0 Å². The molecular weight excluding hydrogens is 428 g/mol. The van der Waals surface area contributed by atoms with Crippen molar-refractivity contribution in [2.24, 2.45) is 0 Å². The van der Waals surface area contributed by atoms with Crippen molar-refractivity contribution in [3.05, 3.63) is 46.5 Å². The number of sulfonamides is 1. The maximum absolute atomic E-state index is 13.2. The lowest BCUT2D eigenvalue weighted by atomic mass is 10.1. The number of hydrogen-bond acceptors (Lipinski definition) is 5. The SMILES string of the molecule is CC[C@H](C(=O)Nc1cc(OC)c(Cl)cc1OC)N(c1ccc(C)c(C)c1)S(C)(=O)=O. The first kappa shape index (κ1) is 23.8. The van der Waals surface area contributed by atoms with Crippen molar-refractivity contribution in [2.75, 3.05) is 30.1 Å². The molecule has 164 valence electrons. The fourth-order valence-corrected chi connectivity index (χ4v) is 4.53. The average Bonchev–Trinajstić information content (AvgIpc) is 2.68. The third-order valence-electron chi connectivity index (χ3n) is 4.81. The van der Waals surface area contributed by atoms with E-state index in [0.717, 1.165) is 21.7 Å². The Morgan fingerprint density at radius 1 is 1.10 bits per heavy atom. The molecule has 0 spiro atoms. The van der Waals surface area contributed by atoms with Crippen LogP contribution in [0.5, 0.6) is 11.5 Å². The number of nitrogens with zero attached hydrogens (tertiary/aromatic N) is 1. The zero-order valence-corrected chi connectivity index (χ0v) is 19.5. The van der Waals surface area contributed by atoms with Gasteiger partial charge < -0.3 is 14.8 Å². The average molecular weight is 455 g/mol. The number of ether oxygens (including phenoxy) is 2. The molecule has 9 heteroatoms. The number of methoxy groups -OCH3 is 2. The van der Waals surface area contributed by atoms with Crippen LogP contribution in [0.3, 0.4) is 0 Å². The number of nitrogens with one attached hydrogen (secondary N) is 1. The molecule has 2 rings (SSSR count). The number of carbonyl (C=O) groups is 1. The number of amides is 1. The Bertz CT molecular complexity index is 1040. The van der Waals surface area contributed by atoms with E-state index in [9.17, 15) is 13.2 Å². The van der Waals surface area contributed by atoms with Crippen LogP contribution in [-0.2, 0) is 14.8 Å². The standard InChI is InChI=1S/C21H27ClN2O5S/c1-7-18(24(30(6,26)27)15-9-8-13(2)14(3)10-15)21(25)23-17-12-19(28-4)16(22)11-20(17)29-5/h8-12,18H,7H2,1-6H3,(H,23,25)/t18-/m1/s1. The Balaban J connectivity index is 2.48. The molecule has 0 aliphatic heterocycles. The molecule has 1 atom stereocenters. The first-order valence-corrected chi connectivity index (χ1v) is 11.5. The van der Waals surface area contributed by atoms with Crippen molar-refractivity contribution >= 4 is 38.9 Å². The van der Waals surface area contributed by atoms with Gasteiger partial charge in [-0.3, -0.25) is 9.10 Å². The molecule has 0 bridgehead atoms. The third-order valence-corrected chi connectivity index (χ3v) is 6.28. The summed E-state index contributed by atoms with van der Waals surface area (Å²) in [6.45, 7) is 5.59. The number of halogens is 1. The van der Waals surface area contributed by atoms with Crippen molar-refractivity contribution in [2.45, 2.75) is 33.2 Å². The van der Waals surface area contributed by atoms with Gasteiger partial charge in [0.2, 0.25) is 15.9 Å². The van der Waals surface area contributed by atoms with Gasteiger partial charge in [-0.15, -0.1) is 0 Å². The van der Waals surface area contributed by atoms with Gasteiger partial charge in [0.1, 0.15) is 17.5 Å². The Morgan fingerprint density at radius 2 is 1.73 bits per heavy atom. The lowest BCUT2D eigenvalue weighted by Crippen LogP contribution is -2.47. The summed E-state index contributed by atoms with van der Waals surface area (Å²) in [5.74, 6) is 0.194. The molecule has 0 radical (unpaired) electrons. The second kappa shape index (κ2) is 9.57. The molecule has 30 heavy (non-hydrogen) atoms. The monoisotopic (exact) mass is 454 g/mol. The molecule has 0 heterocycles. The van der Waals surface area contributed by atoms with Gasteiger partial charge in [-0.1, -0.05) is 24.6 Å². The molecule has 1 amide bonds. The van der Waals surface area contributed by atoms with Gasteiger partial charge in [0.25, 0.3) is 0 Å². The van der Waals surface area contributed by atoms with E-state index < -0.39 is 22.0 Å². The zero-order chi connectivity index (χ0) is 22.6. The number of rotatable bonds is 8. The van der Waals surface area contributed by atoms with Gasteiger partial charge in [-0.2, -0.15) is 0 Å². The number of hydrogen-bond donors (Lipinski definition) is 1. The highest BCUT2D eigenvalue weighted by Crippen LogP contribution is 2.36. The summed E-state index contributed by atoms with van der Waals surface area (Å²) >= 11 is 6.12. The summed E-state index contributed by atoms with van der Waals surface area (Å²) in [6.07, 6.45) is 1.35. The minimum atomic E-state index is -3.74. The van der Waals surface area contributed by atoms with Crippen molar-refractivity contribution in [1.29, 1.82) is 0 Å². The quantitative estimate of drug-likeness (QED) is 0.647. The Hall–Kier alpha value is -2.45. The van der Waals surface area contributed by atoms with Gasteiger partial charge in [0, 0.05) is 12.1 Å². The van der Waals surface area contributed by atoms with Gasteiger partial charge in [-0.05, 0) is 43.5 Å². The van der Waals surface area contributed by atoms with Crippen molar-refractivity contribution < 1.29 is 22.7 Å². The van der Waals surface area contributed by atoms with Crippen LogP contribution in [0.4, 0.5) is 11.4 Å². The van der Waals surface area contributed by atoms with Gasteiger partial charge in [0.15, 0.2) is 0 Å². The zero-order valence-electron chi connectivity index (χ0n) is 17.9. The van der Waals surface area contributed by atoms with E-state index >= 15 is 0 Å². The van der Waals surface area contributed by atoms with E-state index in [-0.39, 0.29) is 6.42 Å². The van der Waals surface area contributed by atoms with E-state index in [1.165, 1.54) is 26.4 Å². The largest absolute Gasteiger partial charge is 0.495 e.